The molecule has 0 aliphatic carbocycles. The van der Waals surface area contributed by atoms with Gasteiger partial charge >= 0.3 is 6.72 Å². The largest absolute Gasteiger partial charge is 0.394 e. The van der Waals surface area contributed by atoms with Gasteiger partial charge in [0, 0.05) is 0 Å². The first-order chi connectivity index (χ1) is 10.8. The minimum absolute atomic E-state index is 0.120. The molecule has 3 rings (SSSR count). The number of anilines is 1. The number of nitrogens with zero attached hydrogens (tertiary/aromatic N) is 4. The highest BCUT2D eigenvalue weighted by molar-refractivity contribution is 8.06. The lowest BCUT2D eigenvalue weighted by Gasteiger charge is -2.20. The Morgan fingerprint density at radius 2 is 2.17 bits per heavy atom. The van der Waals surface area contributed by atoms with Gasteiger partial charge in [-0.05, 0) is 11.8 Å². The maximum Gasteiger partial charge on any atom is 0.322 e. The van der Waals surface area contributed by atoms with Crippen molar-refractivity contribution in [2.75, 3.05) is 12.3 Å². The van der Waals surface area contributed by atoms with E-state index in [2.05, 4.69) is 26.8 Å². The number of hydrogen-bond donors (Lipinski definition) is 4. The van der Waals surface area contributed by atoms with Crippen LogP contribution in [0.2, 0.25) is 0 Å². The topological polar surface area (TPSA) is 149 Å². The van der Waals surface area contributed by atoms with Gasteiger partial charge in [-0.3, -0.25) is 9.09 Å². The molecule has 0 saturated carbocycles. The van der Waals surface area contributed by atoms with Crippen molar-refractivity contribution in [3.63, 3.8) is 0 Å². The van der Waals surface area contributed by atoms with Crippen molar-refractivity contribution in [3.05, 3.63) is 12.7 Å². The standard InChI is InChI=1S/C10H13FN5O5PS/c11-5-7(21-22(18,19)23)4(1-17)20-10(5)16-3-15-6-8(12)13-2-14-9(6)16/h2-5,7,10,17H,1H2,(H2,12,13,14)(H2,18,19,23)/t4-,5-,7-,10-/m1/s1. The highest BCUT2D eigenvalue weighted by atomic mass is 32.5. The van der Waals surface area contributed by atoms with Gasteiger partial charge in [-0.2, -0.15) is 0 Å². The zero-order valence-corrected chi connectivity index (χ0v) is 13.1. The molecule has 23 heavy (non-hydrogen) atoms. The predicted molar refractivity (Wildman–Crippen MR) is 79.2 cm³/mol. The Labute approximate surface area is 134 Å². The van der Waals surface area contributed by atoms with E-state index in [0.29, 0.717) is 0 Å². The summed E-state index contributed by atoms with van der Waals surface area (Å²) < 4.78 is 26.1. The number of rotatable bonds is 4. The molecule has 5 N–H and O–H groups in total. The van der Waals surface area contributed by atoms with Gasteiger partial charge < -0.3 is 25.4 Å². The SMILES string of the molecule is Nc1ncnc2c1ncn2[C@@H]1O[C@H](CO)[C@@H](OP(O)(O)=S)[C@H]1F. The fourth-order valence-corrected chi connectivity index (χ4v) is 3.27. The van der Waals surface area contributed by atoms with E-state index in [1.165, 1.54) is 17.2 Å². The Bertz CT molecular complexity index is 771. The minimum Gasteiger partial charge on any atom is -0.394 e. The van der Waals surface area contributed by atoms with E-state index in [1.807, 2.05) is 0 Å². The van der Waals surface area contributed by atoms with Gasteiger partial charge in [-0.25, -0.2) is 19.3 Å². The van der Waals surface area contributed by atoms with Crippen LogP contribution in [0, 0.1) is 0 Å². The molecule has 2 aromatic rings. The van der Waals surface area contributed by atoms with Crippen molar-refractivity contribution in [3.8, 4) is 0 Å². The van der Waals surface area contributed by atoms with Crippen LogP contribution in [0.4, 0.5) is 10.2 Å². The van der Waals surface area contributed by atoms with Crippen LogP contribution in [0.5, 0.6) is 0 Å². The third-order valence-corrected chi connectivity index (χ3v) is 4.14. The minimum atomic E-state index is -4.13. The predicted octanol–water partition coefficient (Wildman–Crippen LogP) is -0.769. The molecule has 10 nitrogen and oxygen atoms in total. The summed E-state index contributed by atoms with van der Waals surface area (Å²) in [5, 5.41) is 9.30. The second kappa shape index (κ2) is 5.98. The molecule has 1 aliphatic rings. The molecule has 3 heterocycles. The van der Waals surface area contributed by atoms with Crippen molar-refractivity contribution >= 4 is 35.5 Å². The molecule has 2 aromatic heterocycles. The molecule has 0 amide bonds. The van der Waals surface area contributed by atoms with E-state index in [-0.39, 0.29) is 17.0 Å². The molecule has 1 aliphatic heterocycles. The smallest absolute Gasteiger partial charge is 0.322 e. The van der Waals surface area contributed by atoms with Crippen LogP contribution in [0.15, 0.2) is 12.7 Å². The monoisotopic (exact) mass is 365 g/mol. The number of nitrogen functional groups attached to an aromatic ring is 1. The Kier molecular flexibility index (Phi) is 4.31. The average Bonchev–Trinajstić information content (AvgIpc) is 3.01. The molecular weight excluding hydrogens is 352 g/mol. The fourth-order valence-electron chi connectivity index (χ4n) is 2.41. The first kappa shape index (κ1) is 16.6. The molecular formula is C10H13FN5O5PS. The van der Waals surface area contributed by atoms with Crippen molar-refractivity contribution in [2.45, 2.75) is 24.6 Å². The summed E-state index contributed by atoms with van der Waals surface area (Å²) in [5.74, 6) is 0.120. The zero-order valence-electron chi connectivity index (χ0n) is 11.4. The molecule has 1 fully saturated rings. The Morgan fingerprint density at radius 3 is 2.83 bits per heavy atom. The number of ether oxygens (including phenoxy) is 1. The number of imidazole rings is 1. The van der Waals surface area contributed by atoms with Crippen LogP contribution in [-0.2, 0) is 21.1 Å². The van der Waals surface area contributed by atoms with E-state index in [1.54, 1.807) is 0 Å². The highest BCUT2D eigenvalue weighted by Crippen LogP contribution is 2.45. The van der Waals surface area contributed by atoms with Crippen molar-refractivity contribution in [1.82, 2.24) is 19.5 Å². The average molecular weight is 365 g/mol. The Morgan fingerprint density at radius 1 is 1.43 bits per heavy atom. The summed E-state index contributed by atoms with van der Waals surface area (Å²) in [6, 6.07) is 0. The van der Waals surface area contributed by atoms with Gasteiger partial charge in [0.25, 0.3) is 0 Å². The third kappa shape index (κ3) is 3.06. The van der Waals surface area contributed by atoms with Crippen LogP contribution < -0.4 is 5.73 Å². The number of nitrogens with two attached hydrogens (primary N) is 1. The fraction of sp³-hybridized carbons (Fsp3) is 0.500. The lowest BCUT2D eigenvalue weighted by atomic mass is 10.1. The lowest BCUT2D eigenvalue weighted by Crippen LogP contribution is -2.33. The molecule has 0 spiro atoms. The number of fused-ring (bicyclic) bond motifs is 1. The van der Waals surface area contributed by atoms with E-state index >= 15 is 0 Å². The second-order valence-electron chi connectivity index (χ2n) is 4.84. The number of aliphatic hydroxyl groups is 1. The summed E-state index contributed by atoms with van der Waals surface area (Å²) in [6.45, 7) is -4.73. The quantitative estimate of drug-likeness (QED) is 0.509. The first-order valence-corrected chi connectivity index (χ1v) is 9.01. The molecule has 126 valence electrons. The van der Waals surface area contributed by atoms with Crippen LogP contribution in [0.3, 0.4) is 0 Å². The summed E-state index contributed by atoms with van der Waals surface area (Å²) in [7, 11) is 0. The van der Waals surface area contributed by atoms with Crippen LogP contribution in [-0.4, -0.2) is 59.4 Å². The molecule has 4 atom stereocenters. The molecule has 1 saturated heterocycles. The summed E-state index contributed by atoms with van der Waals surface area (Å²) in [6.07, 6.45) is -3.22. The normalized spacial score (nSPS) is 28.5. The summed E-state index contributed by atoms with van der Waals surface area (Å²) in [4.78, 5) is 30.2. The molecule has 0 aromatic carbocycles. The van der Waals surface area contributed by atoms with Gasteiger partial charge in [0.2, 0.25) is 0 Å². The summed E-state index contributed by atoms with van der Waals surface area (Å²) in [5.41, 5.74) is 6.16. The second-order valence-corrected chi connectivity index (χ2v) is 7.45. The van der Waals surface area contributed by atoms with Crippen molar-refractivity contribution in [1.29, 1.82) is 0 Å². The lowest BCUT2D eigenvalue weighted by molar-refractivity contribution is -0.0443. The van der Waals surface area contributed by atoms with Gasteiger partial charge in [0.1, 0.15) is 24.1 Å². The maximum absolute atomic E-state index is 14.7. The van der Waals surface area contributed by atoms with Gasteiger partial charge in [-0.15, -0.1) is 0 Å². The molecule has 0 unspecified atom stereocenters. The number of halogens is 1. The molecule has 0 bridgehead atoms. The third-order valence-electron chi connectivity index (χ3n) is 3.37. The van der Waals surface area contributed by atoms with E-state index < -0.39 is 37.9 Å². The number of aromatic nitrogens is 4. The van der Waals surface area contributed by atoms with E-state index in [9.17, 15) is 19.3 Å². The maximum atomic E-state index is 14.7. The van der Waals surface area contributed by atoms with Crippen LogP contribution in [0.25, 0.3) is 11.2 Å². The molecule has 13 heteroatoms. The van der Waals surface area contributed by atoms with Crippen LogP contribution >= 0.6 is 6.72 Å². The molecule has 0 radical (unpaired) electrons. The van der Waals surface area contributed by atoms with E-state index in [4.69, 9.17) is 15.0 Å². The van der Waals surface area contributed by atoms with Crippen LogP contribution in [0.1, 0.15) is 6.23 Å². The van der Waals surface area contributed by atoms with E-state index in [0.717, 1.165) is 0 Å². The van der Waals surface area contributed by atoms with Crippen molar-refractivity contribution < 1.29 is 28.5 Å². The Hall–Kier alpha value is -1.27. The number of hydrogen-bond acceptors (Lipinski definition) is 8. The van der Waals surface area contributed by atoms with Crippen molar-refractivity contribution in [2.24, 2.45) is 0 Å². The Balaban J connectivity index is 1.96. The number of aliphatic hydroxyl groups excluding tert-OH is 1. The number of alkyl halides is 1. The zero-order chi connectivity index (χ0) is 16.8. The summed E-state index contributed by atoms with van der Waals surface area (Å²) >= 11 is 4.35. The van der Waals surface area contributed by atoms with Gasteiger partial charge in [0.15, 0.2) is 23.9 Å². The van der Waals surface area contributed by atoms with Gasteiger partial charge in [0.05, 0.1) is 12.9 Å². The highest BCUT2D eigenvalue weighted by Gasteiger charge is 2.49. The first-order valence-electron chi connectivity index (χ1n) is 6.39. The van der Waals surface area contributed by atoms with Gasteiger partial charge in [-0.1, -0.05) is 0 Å².